The molecule has 0 fully saturated rings. The van der Waals surface area contributed by atoms with Crippen LogP contribution in [0.4, 0.5) is 0 Å². The summed E-state index contributed by atoms with van der Waals surface area (Å²) < 4.78 is 1.05. The zero-order valence-corrected chi connectivity index (χ0v) is 12.6. The number of hydrogen-bond acceptors (Lipinski definition) is 1. The maximum Gasteiger partial charge on any atom is 0.0468 e. The SMILES string of the molecule is NC(Cc1cccc(Br)c1)c1ccc(Cl)cc1Cl. The van der Waals surface area contributed by atoms with Crippen LogP contribution in [0.2, 0.25) is 10.0 Å². The number of rotatable bonds is 3. The van der Waals surface area contributed by atoms with Gasteiger partial charge in [0.15, 0.2) is 0 Å². The molecule has 0 aliphatic carbocycles. The second kappa shape index (κ2) is 6.07. The van der Waals surface area contributed by atoms with Gasteiger partial charge in [0, 0.05) is 20.6 Å². The fraction of sp³-hybridized carbons (Fsp3) is 0.143. The molecule has 1 unspecified atom stereocenters. The van der Waals surface area contributed by atoms with E-state index >= 15 is 0 Å². The Balaban J connectivity index is 2.19. The van der Waals surface area contributed by atoms with E-state index in [2.05, 4.69) is 28.1 Å². The van der Waals surface area contributed by atoms with Crippen molar-refractivity contribution in [3.05, 3.63) is 68.1 Å². The van der Waals surface area contributed by atoms with Gasteiger partial charge in [0.25, 0.3) is 0 Å². The van der Waals surface area contributed by atoms with Gasteiger partial charge >= 0.3 is 0 Å². The smallest absolute Gasteiger partial charge is 0.0468 e. The standard InChI is InChI=1S/C14H12BrCl2N/c15-10-3-1-2-9(6-10)7-14(18)12-5-4-11(16)8-13(12)17/h1-6,8,14H,7,18H2. The predicted octanol–water partition coefficient (Wildman–Crippen LogP) is 5.00. The van der Waals surface area contributed by atoms with Gasteiger partial charge in [-0.3, -0.25) is 0 Å². The van der Waals surface area contributed by atoms with Gasteiger partial charge in [-0.25, -0.2) is 0 Å². The summed E-state index contributed by atoms with van der Waals surface area (Å²) in [6.45, 7) is 0. The first kappa shape index (κ1) is 13.9. The van der Waals surface area contributed by atoms with Crippen molar-refractivity contribution < 1.29 is 0 Å². The van der Waals surface area contributed by atoms with Crippen LogP contribution in [0.15, 0.2) is 46.9 Å². The van der Waals surface area contributed by atoms with E-state index in [1.165, 1.54) is 5.56 Å². The minimum Gasteiger partial charge on any atom is -0.324 e. The summed E-state index contributed by atoms with van der Waals surface area (Å²) in [6.07, 6.45) is 0.737. The highest BCUT2D eigenvalue weighted by Gasteiger charge is 2.11. The largest absolute Gasteiger partial charge is 0.324 e. The van der Waals surface area contributed by atoms with Crippen LogP contribution in [0.5, 0.6) is 0 Å². The van der Waals surface area contributed by atoms with Crippen LogP contribution in [-0.2, 0) is 6.42 Å². The molecule has 0 aromatic heterocycles. The normalized spacial score (nSPS) is 12.4. The lowest BCUT2D eigenvalue weighted by Gasteiger charge is -2.14. The first-order valence-electron chi connectivity index (χ1n) is 5.51. The Hall–Kier alpha value is -0.540. The molecule has 2 aromatic carbocycles. The van der Waals surface area contributed by atoms with Gasteiger partial charge in [-0.05, 0) is 41.8 Å². The average molecular weight is 345 g/mol. The third-order valence-electron chi connectivity index (χ3n) is 2.71. The van der Waals surface area contributed by atoms with Crippen LogP contribution in [-0.4, -0.2) is 0 Å². The van der Waals surface area contributed by atoms with Crippen molar-refractivity contribution >= 4 is 39.1 Å². The quantitative estimate of drug-likeness (QED) is 0.833. The molecule has 1 nitrogen and oxygen atoms in total. The van der Waals surface area contributed by atoms with Crippen LogP contribution in [0.25, 0.3) is 0 Å². The average Bonchev–Trinajstić information content (AvgIpc) is 2.28. The van der Waals surface area contributed by atoms with Gasteiger partial charge in [0.1, 0.15) is 0 Å². The van der Waals surface area contributed by atoms with E-state index in [4.69, 9.17) is 28.9 Å². The van der Waals surface area contributed by atoms with Gasteiger partial charge in [-0.1, -0.05) is 57.3 Å². The summed E-state index contributed by atoms with van der Waals surface area (Å²) >= 11 is 15.5. The second-order valence-corrected chi connectivity index (χ2v) is 5.87. The topological polar surface area (TPSA) is 26.0 Å². The van der Waals surface area contributed by atoms with E-state index in [1.54, 1.807) is 6.07 Å². The van der Waals surface area contributed by atoms with E-state index in [0.717, 1.165) is 16.5 Å². The lowest BCUT2D eigenvalue weighted by Crippen LogP contribution is -2.13. The van der Waals surface area contributed by atoms with Crippen LogP contribution in [0, 0.1) is 0 Å². The van der Waals surface area contributed by atoms with Crippen molar-refractivity contribution in [3.63, 3.8) is 0 Å². The van der Waals surface area contributed by atoms with Crippen LogP contribution >= 0.6 is 39.1 Å². The van der Waals surface area contributed by atoms with Crippen molar-refractivity contribution in [2.45, 2.75) is 12.5 Å². The van der Waals surface area contributed by atoms with Crippen molar-refractivity contribution in [2.75, 3.05) is 0 Å². The van der Waals surface area contributed by atoms with Crippen LogP contribution in [0.3, 0.4) is 0 Å². The Bertz CT molecular complexity index is 557. The van der Waals surface area contributed by atoms with Crippen molar-refractivity contribution in [1.29, 1.82) is 0 Å². The number of halogens is 3. The van der Waals surface area contributed by atoms with Crippen molar-refractivity contribution in [2.24, 2.45) is 5.73 Å². The van der Waals surface area contributed by atoms with Gasteiger partial charge < -0.3 is 5.73 Å². The van der Waals surface area contributed by atoms with Gasteiger partial charge in [-0.15, -0.1) is 0 Å². The maximum atomic E-state index is 6.19. The molecular weight excluding hydrogens is 333 g/mol. The molecule has 0 saturated heterocycles. The molecule has 0 amide bonds. The molecule has 0 aliphatic heterocycles. The van der Waals surface area contributed by atoms with Crippen LogP contribution < -0.4 is 5.73 Å². The van der Waals surface area contributed by atoms with Gasteiger partial charge in [0.2, 0.25) is 0 Å². The zero-order valence-electron chi connectivity index (χ0n) is 9.54. The van der Waals surface area contributed by atoms with E-state index < -0.39 is 0 Å². The van der Waals surface area contributed by atoms with E-state index in [-0.39, 0.29) is 6.04 Å². The van der Waals surface area contributed by atoms with E-state index in [1.807, 2.05) is 24.3 Å². The number of benzene rings is 2. The number of nitrogens with two attached hydrogens (primary N) is 1. The second-order valence-electron chi connectivity index (χ2n) is 4.11. The summed E-state index contributed by atoms with van der Waals surface area (Å²) in [5.74, 6) is 0. The first-order chi connectivity index (χ1) is 8.56. The highest BCUT2D eigenvalue weighted by atomic mass is 79.9. The zero-order chi connectivity index (χ0) is 13.1. The minimum absolute atomic E-state index is 0.135. The molecular formula is C14H12BrCl2N. The summed E-state index contributed by atoms with van der Waals surface area (Å²) in [5, 5.41) is 1.24. The lowest BCUT2D eigenvalue weighted by atomic mass is 10.00. The van der Waals surface area contributed by atoms with E-state index in [9.17, 15) is 0 Å². The monoisotopic (exact) mass is 343 g/mol. The molecule has 0 bridgehead atoms. The molecule has 1 atom stereocenters. The summed E-state index contributed by atoms with van der Waals surface area (Å²) in [7, 11) is 0. The van der Waals surface area contributed by atoms with Crippen molar-refractivity contribution in [3.8, 4) is 0 Å². The third kappa shape index (κ3) is 3.48. The first-order valence-corrected chi connectivity index (χ1v) is 7.06. The Morgan fingerprint density at radius 2 is 1.89 bits per heavy atom. The molecule has 0 saturated carbocycles. The molecule has 2 rings (SSSR count). The molecule has 18 heavy (non-hydrogen) atoms. The van der Waals surface area contributed by atoms with Crippen LogP contribution in [0.1, 0.15) is 17.2 Å². The third-order valence-corrected chi connectivity index (χ3v) is 3.76. The Morgan fingerprint density at radius 3 is 2.56 bits per heavy atom. The minimum atomic E-state index is -0.135. The summed E-state index contributed by atoms with van der Waals surface area (Å²) in [4.78, 5) is 0. The van der Waals surface area contributed by atoms with Gasteiger partial charge in [0.05, 0.1) is 0 Å². The molecule has 2 aromatic rings. The van der Waals surface area contributed by atoms with E-state index in [0.29, 0.717) is 10.0 Å². The predicted molar refractivity (Wildman–Crippen MR) is 81.2 cm³/mol. The van der Waals surface area contributed by atoms with Crippen molar-refractivity contribution in [1.82, 2.24) is 0 Å². The lowest BCUT2D eigenvalue weighted by molar-refractivity contribution is 0.722. The molecule has 0 aliphatic rings. The Morgan fingerprint density at radius 1 is 1.11 bits per heavy atom. The highest BCUT2D eigenvalue weighted by molar-refractivity contribution is 9.10. The molecule has 0 spiro atoms. The molecule has 94 valence electrons. The summed E-state index contributed by atoms with van der Waals surface area (Å²) in [6, 6.07) is 13.4. The molecule has 0 heterocycles. The van der Waals surface area contributed by atoms with Gasteiger partial charge in [-0.2, -0.15) is 0 Å². The number of hydrogen-bond donors (Lipinski definition) is 1. The molecule has 4 heteroatoms. The molecule has 0 radical (unpaired) electrons. The maximum absolute atomic E-state index is 6.19. The highest BCUT2D eigenvalue weighted by Crippen LogP contribution is 2.27. The molecule has 2 N–H and O–H groups in total. The fourth-order valence-electron chi connectivity index (χ4n) is 1.83. The summed E-state index contributed by atoms with van der Waals surface area (Å²) in [5.41, 5.74) is 8.27. The Kier molecular flexibility index (Phi) is 4.68. The Labute approximate surface area is 125 Å². The fourth-order valence-corrected chi connectivity index (χ4v) is 2.83.